The maximum absolute atomic E-state index is 10.9. The summed E-state index contributed by atoms with van der Waals surface area (Å²) in [6.07, 6.45) is 0. The van der Waals surface area contributed by atoms with Crippen LogP contribution in [0.25, 0.3) is 0 Å². The van der Waals surface area contributed by atoms with Crippen molar-refractivity contribution < 1.29 is 29.1 Å². The smallest absolute Gasteiger partial charge is 0.494 e. The molecular formula is C20H26BBrN4O6. The number of anilines is 2. The van der Waals surface area contributed by atoms with Crippen LogP contribution in [0.15, 0.2) is 40.9 Å². The second-order valence-electron chi connectivity index (χ2n) is 8.00. The van der Waals surface area contributed by atoms with Crippen molar-refractivity contribution >= 4 is 51.9 Å². The van der Waals surface area contributed by atoms with Gasteiger partial charge in [-0.05, 0) is 63.5 Å². The Morgan fingerprint density at radius 2 is 1.31 bits per heavy atom. The molecule has 3 rings (SSSR count). The van der Waals surface area contributed by atoms with Crippen LogP contribution in [0.1, 0.15) is 27.7 Å². The summed E-state index contributed by atoms with van der Waals surface area (Å²) in [4.78, 5) is 21.3. The molecule has 12 heteroatoms. The average molecular weight is 509 g/mol. The van der Waals surface area contributed by atoms with Crippen LogP contribution in [-0.4, -0.2) is 40.6 Å². The number of rotatable bonds is 3. The summed E-state index contributed by atoms with van der Waals surface area (Å²) in [6.45, 7) is 7.82. The summed E-state index contributed by atoms with van der Waals surface area (Å²) in [7, 11) is -0.561. The number of hydrogen-bond donors (Lipinski definition) is 6. The van der Waals surface area contributed by atoms with Gasteiger partial charge in [0.15, 0.2) is 0 Å². The van der Waals surface area contributed by atoms with Crippen molar-refractivity contribution in [1.29, 1.82) is 0 Å². The number of amides is 4. The number of nitrogens with one attached hydrogen (secondary N) is 2. The fourth-order valence-electron chi connectivity index (χ4n) is 2.65. The number of halogens is 1. The largest absolute Gasteiger partial charge is 0.506 e. The molecule has 0 spiro atoms. The zero-order valence-electron chi connectivity index (χ0n) is 18.1. The monoisotopic (exact) mass is 508 g/mol. The van der Waals surface area contributed by atoms with Crippen LogP contribution in [0.2, 0.25) is 0 Å². The van der Waals surface area contributed by atoms with E-state index in [-0.39, 0.29) is 22.9 Å². The van der Waals surface area contributed by atoms with E-state index in [0.717, 1.165) is 4.47 Å². The van der Waals surface area contributed by atoms with E-state index in [2.05, 4.69) is 26.6 Å². The first-order valence-corrected chi connectivity index (χ1v) is 10.3. The summed E-state index contributed by atoms with van der Waals surface area (Å²) in [5.74, 6) is -0.0823. The SMILES string of the molecule is CC1(C)OB(c2ccc(O)c(NC(N)=O)c2)OC1(C)C.NC(=O)Nc1cc(Br)ccc1O. The van der Waals surface area contributed by atoms with Gasteiger partial charge in [-0.25, -0.2) is 9.59 Å². The molecule has 10 nitrogen and oxygen atoms in total. The number of aromatic hydroxyl groups is 2. The number of phenolic OH excluding ortho intramolecular Hbond substituents is 2. The van der Waals surface area contributed by atoms with E-state index in [1.54, 1.807) is 24.3 Å². The Kier molecular flexibility index (Phi) is 7.65. The quantitative estimate of drug-likeness (QED) is 0.275. The number of carbonyl (C=O) groups excluding carboxylic acids is 2. The maximum Gasteiger partial charge on any atom is 0.494 e. The van der Waals surface area contributed by atoms with E-state index in [9.17, 15) is 19.8 Å². The van der Waals surface area contributed by atoms with Crippen LogP contribution in [0.5, 0.6) is 11.5 Å². The standard InChI is InChI=1S/C13H19BN2O4.C7H7BrN2O2/c1-12(2)13(3,4)20-14(19-12)8-5-6-10(17)9(7-8)16-11(15)18;8-4-1-2-6(11)5(3-4)10-7(9)12/h5-7,17H,1-4H3,(H3,15,16,18);1-3,11H,(H3,9,10,12). The molecule has 2 aromatic rings. The van der Waals surface area contributed by atoms with Gasteiger partial charge in [-0.15, -0.1) is 0 Å². The van der Waals surface area contributed by atoms with Crippen LogP contribution in [0, 0.1) is 0 Å². The summed E-state index contributed by atoms with van der Waals surface area (Å²) in [5, 5.41) is 23.5. The number of phenols is 2. The van der Waals surface area contributed by atoms with Gasteiger partial charge in [0.1, 0.15) is 11.5 Å². The van der Waals surface area contributed by atoms with E-state index >= 15 is 0 Å². The number of primary amides is 2. The first kappa shape index (κ1) is 25.3. The number of benzene rings is 2. The lowest BCUT2D eigenvalue weighted by Gasteiger charge is -2.32. The predicted molar refractivity (Wildman–Crippen MR) is 126 cm³/mol. The Balaban J connectivity index is 0.000000258. The zero-order chi connectivity index (χ0) is 24.3. The highest BCUT2D eigenvalue weighted by atomic mass is 79.9. The maximum atomic E-state index is 10.9. The third-order valence-corrected chi connectivity index (χ3v) is 5.51. The Morgan fingerprint density at radius 3 is 1.78 bits per heavy atom. The van der Waals surface area contributed by atoms with Gasteiger partial charge >= 0.3 is 19.2 Å². The number of nitrogens with two attached hydrogens (primary N) is 2. The zero-order valence-corrected chi connectivity index (χ0v) is 19.7. The van der Waals surface area contributed by atoms with Crippen LogP contribution in [0.3, 0.4) is 0 Å². The molecule has 32 heavy (non-hydrogen) atoms. The van der Waals surface area contributed by atoms with Crippen molar-refractivity contribution in [3.8, 4) is 11.5 Å². The van der Waals surface area contributed by atoms with Gasteiger partial charge in [-0.1, -0.05) is 22.0 Å². The normalized spacial score (nSPS) is 16.0. The van der Waals surface area contributed by atoms with Crippen molar-refractivity contribution in [2.45, 2.75) is 38.9 Å². The fraction of sp³-hybridized carbons (Fsp3) is 0.300. The van der Waals surface area contributed by atoms with Crippen molar-refractivity contribution in [1.82, 2.24) is 0 Å². The first-order valence-electron chi connectivity index (χ1n) is 9.52. The predicted octanol–water partition coefficient (Wildman–Crippen LogP) is 2.83. The molecule has 0 bridgehead atoms. The number of carbonyl (C=O) groups is 2. The van der Waals surface area contributed by atoms with Crippen LogP contribution in [-0.2, 0) is 9.31 Å². The molecule has 4 amide bonds. The summed E-state index contributed by atoms with van der Waals surface area (Å²) < 4.78 is 12.6. The Bertz CT molecular complexity index is 1000. The molecule has 1 fully saturated rings. The minimum Gasteiger partial charge on any atom is -0.506 e. The molecule has 0 radical (unpaired) electrons. The number of urea groups is 2. The molecule has 1 aliphatic rings. The molecule has 0 unspecified atom stereocenters. The minimum absolute atomic E-state index is 0.0167. The lowest BCUT2D eigenvalue weighted by Crippen LogP contribution is -2.41. The average Bonchev–Trinajstić information content (AvgIpc) is 2.87. The minimum atomic E-state index is -0.744. The van der Waals surface area contributed by atoms with Crippen LogP contribution >= 0.6 is 15.9 Å². The third kappa shape index (κ3) is 6.28. The number of hydrogen-bond acceptors (Lipinski definition) is 6. The molecular weight excluding hydrogens is 483 g/mol. The highest BCUT2D eigenvalue weighted by Gasteiger charge is 2.51. The molecule has 0 aromatic heterocycles. The summed E-state index contributed by atoms with van der Waals surface area (Å²) >= 11 is 3.18. The topological polar surface area (TPSA) is 169 Å². The third-order valence-electron chi connectivity index (χ3n) is 5.02. The molecule has 0 saturated carbocycles. The van der Waals surface area contributed by atoms with Crippen LogP contribution < -0.4 is 27.6 Å². The molecule has 1 heterocycles. The van der Waals surface area contributed by atoms with Crippen molar-refractivity contribution in [2.75, 3.05) is 10.6 Å². The van der Waals surface area contributed by atoms with Gasteiger partial charge in [0.2, 0.25) is 0 Å². The summed E-state index contributed by atoms with van der Waals surface area (Å²) in [5.41, 5.74) is 10.2. The fourth-order valence-corrected chi connectivity index (χ4v) is 3.01. The van der Waals surface area contributed by atoms with E-state index in [1.807, 2.05) is 27.7 Å². The second kappa shape index (κ2) is 9.68. The van der Waals surface area contributed by atoms with Gasteiger partial charge in [-0.3, -0.25) is 0 Å². The lowest BCUT2D eigenvalue weighted by atomic mass is 9.79. The van der Waals surface area contributed by atoms with Gasteiger partial charge < -0.3 is 41.6 Å². The summed E-state index contributed by atoms with van der Waals surface area (Å²) in [6, 6.07) is 7.95. The molecule has 0 atom stereocenters. The lowest BCUT2D eigenvalue weighted by molar-refractivity contribution is 0.00578. The van der Waals surface area contributed by atoms with Crippen LogP contribution in [0.4, 0.5) is 21.0 Å². The molecule has 172 valence electrons. The van der Waals surface area contributed by atoms with Crippen molar-refractivity contribution in [2.24, 2.45) is 11.5 Å². The van der Waals surface area contributed by atoms with Gasteiger partial charge in [0.25, 0.3) is 0 Å². The Hall–Kier alpha value is -2.96. The van der Waals surface area contributed by atoms with Gasteiger partial charge in [0.05, 0.1) is 22.6 Å². The van der Waals surface area contributed by atoms with Crippen molar-refractivity contribution in [3.63, 3.8) is 0 Å². The second-order valence-corrected chi connectivity index (χ2v) is 8.92. The Labute approximate surface area is 194 Å². The first-order chi connectivity index (χ1) is 14.7. The molecule has 2 aromatic carbocycles. The van der Waals surface area contributed by atoms with E-state index in [0.29, 0.717) is 5.46 Å². The molecule has 1 saturated heterocycles. The molecule has 8 N–H and O–H groups in total. The van der Waals surface area contributed by atoms with E-state index < -0.39 is 30.4 Å². The highest BCUT2D eigenvalue weighted by molar-refractivity contribution is 9.10. The molecule has 0 aliphatic carbocycles. The molecule has 1 aliphatic heterocycles. The van der Waals surface area contributed by atoms with Gasteiger partial charge in [0, 0.05) is 4.47 Å². The van der Waals surface area contributed by atoms with E-state index in [4.69, 9.17) is 20.8 Å². The van der Waals surface area contributed by atoms with Crippen molar-refractivity contribution in [3.05, 3.63) is 40.9 Å². The highest BCUT2D eigenvalue weighted by Crippen LogP contribution is 2.37. The van der Waals surface area contributed by atoms with E-state index in [1.165, 1.54) is 12.1 Å². The Morgan fingerprint density at radius 1 is 0.875 bits per heavy atom. The van der Waals surface area contributed by atoms with Gasteiger partial charge in [-0.2, -0.15) is 0 Å².